The largest absolute Gasteiger partial charge is 0.384 e. The minimum atomic E-state index is -1.40. The van der Waals surface area contributed by atoms with E-state index in [1.54, 1.807) is 18.2 Å². The number of hydrogen-bond donors (Lipinski definition) is 1. The lowest BCUT2D eigenvalue weighted by Crippen LogP contribution is -2.21. The standard InChI is InChI=1S/C17H11NO5/c19-15-9-14(17(21)13-7-2-1-6-12(13)15)16(20)10-4-3-5-11(8-10)18(22)23/h1-9,16,20H/t16-/m1/s1. The lowest BCUT2D eigenvalue weighted by Gasteiger charge is -2.19. The molecule has 3 rings (SSSR count). The van der Waals surface area contributed by atoms with Gasteiger partial charge in [0.1, 0.15) is 6.10 Å². The van der Waals surface area contributed by atoms with Crippen LogP contribution in [-0.4, -0.2) is 21.6 Å². The van der Waals surface area contributed by atoms with E-state index in [0.29, 0.717) is 0 Å². The summed E-state index contributed by atoms with van der Waals surface area (Å²) in [6, 6.07) is 11.7. The Bertz CT molecular complexity index is 869. The summed E-state index contributed by atoms with van der Waals surface area (Å²) in [4.78, 5) is 34.8. The van der Waals surface area contributed by atoms with Gasteiger partial charge in [0.2, 0.25) is 0 Å². The third-order valence-electron chi connectivity index (χ3n) is 3.68. The van der Waals surface area contributed by atoms with Crippen LogP contribution in [0.3, 0.4) is 0 Å². The molecule has 0 amide bonds. The van der Waals surface area contributed by atoms with Crippen LogP contribution in [-0.2, 0) is 0 Å². The average molecular weight is 309 g/mol. The minimum Gasteiger partial charge on any atom is -0.384 e. The first-order chi connectivity index (χ1) is 11.0. The molecule has 1 aliphatic rings. The Kier molecular flexibility index (Phi) is 3.59. The monoisotopic (exact) mass is 309 g/mol. The zero-order chi connectivity index (χ0) is 16.6. The van der Waals surface area contributed by atoms with Crippen molar-refractivity contribution in [3.63, 3.8) is 0 Å². The summed E-state index contributed by atoms with van der Waals surface area (Å²) < 4.78 is 0. The van der Waals surface area contributed by atoms with Crippen molar-refractivity contribution in [1.29, 1.82) is 0 Å². The molecule has 2 aromatic rings. The van der Waals surface area contributed by atoms with Crippen LogP contribution in [0.2, 0.25) is 0 Å². The van der Waals surface area contributed by atoms with E-state index in [2.05, 4.69) is 0 Å². The van der Waals surface area contributed by atoms with Crippen molar-refractivity contribution in [3.05, 3.63) is 87.0 Å². The predicted molar refractivity (Wildman–Crippen MR) is 81.2 cm³/mol. The molecule has 0 spiro atoms. The molecule has 0 saturated heterocycles. The van der Waals surface area contributed by atoms with Crippen LogP contribution < -0.4 is 0 Å². The molecule has 0 bridgehead atoms. The molecule has 23 heavy (non-hydrogen) atoms. The Morgan fingerprint density at radius 3 is 2.39 bits per heavy atom. The minimum absolute atomic E-state index is 0.0887. The Morgan fingerprint density at radius 1 is 1.00 bits per heavy atom. The summed E-state index contributed by atoms with van der Waals surface area (Å²) >= 11 is 0. The molecule has 114 valence electrons. The molecule has 0 aromatic heterocycles. The van der Waals surface area contributed by atoms with E-state index in [0.717, 1.165) is 6.08 Å². The van der Waals surface area contributed by atoms with Gasteiger partial charge in [-0.1, -0.05) is 36.4 Å². The van der Waals surface area contributed by atoms with Gasteiger partial charge in [-0.05, 0) is 11.6 Å². The Hall–Kier alpha value is -3.12. The van der Waals surface area contributed by atoms with Gasteiger partial charge in [0.15, 0.2) is 11.6 Å². The summed E-state index contributed by atoms with van der Waals surface area (Å²) in [6.45, 7) is 0. The smallest absolute Gasteiger partial charge is 0.269 e. The zero-order valence-electron chi connectivity index (χ0n) is 11.8. The van der Waals surface area contributed by atoms with Gasteiger partial charge < -0.3 is 5.11 Å². The average Bonchev–Trinajstić information content (AvgIpc) is 2.57. The first-order valence-corrected chi connectivity index (χ1v) is 6.81. The fraction of sp³-hybridized carbons (Fsp3) is 0.0588. The molecule has 0 aliphatic heterocycles. The lowest BCUT2D eigenvalue weighted by molar-refractivity contribution is -0.385. The van der Waals surface area contributed by atoms with Crippen LogP contribution >= 0.6 is 0 Å². The van der Waals surface area contributed by atoms with E-state index in [-0.39, 0.29) is 33.7 Å². The van der Waals surface area contributed by atoms with Gasteiger partial charge in [0.05, 0.1) is 4.92 Å². The van der Waals surface area contributed by atoms with Gasteiger partial charge in [-0.25, -0.2) is 0 Å². The van der Waals surface area contributed by atoms with Gasteiger partial charge in [0, 0.05) is 28.8 Å². The van der Waals surface area contributed by atoms with Gasteiger partial charge in [-0.3, -0.25) is 19.7 Å². The third-order valence-corrected chi connectivity index (χ3v) is 3.68. The number of nitro groups is 1. The van der Waals surface area contributed by atoms with Crippen molar-refractivity contribution < 1.29 is 19.6 Å². The normalized spacial score (nSPS) is 14.9. The molecular weight excluding hydrogens is 298 g/mol. The van der Waals surface area contributed by atoms with Crippen molar-refractivity contribution in [2.24, 2.45) is 0 Å². The molecule has 0 saturated carbocycles. The second-order valence-corrected chi connectivity index (χ2v) is 5.09. The van der Waals surface area contributed by atoms with Crippen molar-refractivity contribution >= 4 is 17.3 Å². The number of carbonyl (C=O) groups is 2. The second-order valence-electron chi connectivity index (χ2n) is 5.09. The van der Waals surface area contributed by atoms with E-state index in [4.69, 9.17) is 0 Å². The van der Waals surface area contributed by atoms with E-state index in [9.17, 15) is 24.8 Å². The SMILES string of the molecule is O=C1C=C([C@H](O)c2cccc([N+](=O)[O-])c2)C(=O)c2ccccc21. The summed E-state index contributed by atoms with van der Waals surface area (Å²) in [6.07, 6.45) is -0.312. The van der Waals surface area contributed by atoms with Crippen LogP contribution in [0.25, 0.3) is 0 Å². The predicted octanol–water partition coefficient (Wildman–Crippen LogP) is 2.63. The molecule has 0 radical (unpaired) electrons. The Morgan fingerprint density at radius 2 is 1.70 bits per heavy atom. The summed E-state index contributed by atoms with van der Waals surface area (Å²) in [7, 11) is 0. The molecule has 1 N–H and O–H groups in total. The maximum atomic E-state index is 12.5. The molecular formula is C17H11NO5. The highest BCUT2D eigenvalue weighted by atomic mass is 16.6. The van der Waals surface area contributed by atoms with Crippen LogP contribution in [0.15, 0.2) is 60.2 Å². The first-order valence-electron chi connectivity index (χ1n) is 6.81. The number of nitro benzene ring substituents is 1. The number of aliphatic hydroxyl groups is 1. The second kappa shape index (κ2) is 5.58. The van der Waals surface area contributed by atoms with Crippen LogP contribution in [0.4, 0.5) is 5.69 Å². The first kappa shape index (κ1) is 14.8. The number of carbonyl (C=O) groups excluding carboxylic acids is 2. The van der Waals surface area contributed by atoms with Gasteiger partial charge in [0.25, 0.3) is 5.69 Å². The molecule has 0 heterocycles. The molecule has 2 aromatic carbocycles. The highest BCUT2D eigenvalue weighted by Crippen LogP contribution is 2.31. The Balaban J connectivity index is 2.02. The highest BCUT2D eigenvalue weighted by Gasteiger charge is 2.30. The summed E-state index contributed by atoms with van der Waals surface area (Å²) in [5.74, 6) is -0.834. The van der Waals surface area contributed by atoms with Crippen molar-refractivity contribution in [3.8, 4) is 0 Å². The number of Topliss-reactive ketones (excluding diaryl/α,β-unsaturated/α-hetero) is 1. The maximum Gasteiger partial charge on any atom is 0.269 e. The fourth-order valence-corrected chi connectivity index (χ4v) is 2.53. The third kappa shape index (κ3) is 2.56. The number of fused-ring (bicyclic) bond motifs is 1. The molecule has 1 atom stereocenters. The number of aliphatic hydroxyl groups excluding tert-OH is 1. The number of allylic oxidation sites excluding steroid dienone is 1. The number of nitrogens with zero attached hydrogens (tertiary/aromatic N) is 1. The zero-order valence-corrected chi connectivity index (χ0v) is 11.8. The van der Waals surface area contributed by atoms with E-state index in [1.807, 2.05) is 0 Å². The number of hydrogen-bond acceptors (Lipinski definition) is 5. The lowest BCUT2D eigenvalue weighted by atomic mass is 9.85. The number of rotatable bonds is 3. The summed E-state index contributed by atoms with van der Waals surface area (Å²) in [5, 5.41) is 21.2. The van der Waals surface area contributed by atoms with Crippen LogP contribution in [0, 0.1) is 10.1 Å². The van der Waals surface area contributed by atoms with Gasteiger partial charge in [-0.2, -0.15) is 0 Å². The summed E-state index contributed by atoms with van der Waals surface area (Å²) in [5.41, 5.74) is 0.407. The number of ketones is 2. The van der Waals surface area contributed by atoms with Gasteiger partial charge in [-0.15, -0.1) is 0 Å². The quantitative estimate of drug-likeness (QED) is 0.694. The topological polar surface area (TPSA) is 97.5 Å². The molecule has 6 heteroatoms. The number of non-ortho nitro benzene ring substituents is 1. The van der Waals surface area contributed by atoms with Crippen molar-refractivity contribution in [1.82, 2.24) is 0 Å². The molecule has 6 nitrogen and oxygen atoms in total. The number of benzene rings is 2. The van der Waals surface area contributed by atoms with E-state index >= 15 is 0 Å². The molecule has 1 aliphatic carbocycles. The highest BCUT2D eigenvalue weighted by molar-refractivity contribution is 6.24. The fourth-order valence-electron chi connectivity index (χ4n) is 2.53. The maximum absolute atomic E-state index is 12.5. The van der Waals surface area contributed by atoms with Crippen LogP contribution in [0.5, 0.6) is 0 Å². The van der Waals surface area contributed by atoms with Gasteiger partial charge >= 0.3 is 0 Å². The molecule has 0 fully saturated rings. The van der Waals surface area contributed by atoms with Crippen molar-refractivity contribution in [2.75, 3.05) is 0 Å². The van der Waals surface area contributed by atoms with E-state index < -0.39 is 16.8 Å². The van der Waals surface area contributed by atoms with Crippen LogP contribution in [0.1, 0.15) is 32.4 Å². The Labute approximate surface area is 130 Å². The van der Waals surface area contributed by atoms with E-state index in [1.165, 1.54) is 30.3 Å². The molecule has 0 unspecified atom stereocenters. The van der Waals surface area contributed by atoms with Crippen molar-refractivity contribution in [2.45, 2.75) is 6.10 Å².